The van der Waals surface area contributed by atoms with E-state index in [-0.39, 0.29) is 28.3 Å². The first-order chi connectivity index (χ1) is 16.2. The fourth-order valence-corrected chi connectivity index (χ4v) is 6.24. The number of carbonyl (C=O) groups is 1. The summed E-state index contributed by atoms with van der Waals surface area (Å²) in [6.07, 6.45) is 5.11. The zero-order valence-electron chi connectivity index (χ0n) is 18.3. The van der Waals surface area contributed by atoms with Crippen LogP contribution in [0.3, 0.4) is 0 Å². The van der Waals surface area contributed by atoms with E-state index in [1.807, 2.05) is 12.1 Å². The van der Waals surface area contributed by atoms with E-state index in [4.69, 9.17) is 11.6 Å². The zero-order valence-corrected chi connectivity index (χ0v) is 19.9. The summed E-state index contributed by atoms with van der Waals surface area (Å²) in [5, 5.41) is 13.3. The maximum Gasteiger partial charge on any atom is 0.335 e. The van der Waals surface area contributed by atoms with Crippen molar-refractivity contribution in [2.75, 3.05) is 10.0 Å². The Labute approximate surface area is 203 Å². The fourth-order valence-electron chi connectivity index (χ4n) is 4.85. The number of aryl methyl sites for hydroxylation is 1. The quantitative estimate of drug-likeness (QED) is 0.379. The molecule has 0 amide bonds. The third-order valence-electron chi connectivity index (χ3n) is 6.59. The van der Waals surface area contributed by atoms with Crippen molar-refractivity contribution in [1.82, 2.24) is 0 Å². The topological polar surface area (TPSA) is 95.5 Å². The van der Waals surface area contributed by atoms with E-state index < -0.39 is 16.0 Å². The van der Waals surface area contributed by atoms with E-state index in [9.17, 15) is 18.3 Å². The lowest BCUT2D eigenvalue weighted by atomic mass is 9.77. The first-order valence-electron chi connectivity index (χ1n) is 10.9. The molecule has 3 aromatic rings. The second kappa shape index (κ2) is 8.49. The third kappa shape index (κ3) is 4.06. The van der Waals surface area contributed by atoms with Crippen molar-refractivity contribution < 1.29 is 18.3 Å². The smallest absolute Gasteiger partial charge is 0.335 e. The number of halogens is 1. The minimum absolute atomic E-state index is 0.00681. The normalized spacial score (nSPS) is 20.8. The van der Waals surface area contributed by atoms with Gasteiger partial charge in [-0.05, 0) is 84.5 Å². The number of carboxylic acid groups (broad SMARTS) is 1. The molecule has 0 aromatic heterocycles. The van der Waals surface area contributed by atoms with Crippen LogP contribution in [0.1, 0.15) is 45.4 Å². The van der Waals surface area contributed by atoms with Gasteiger partial charge in [0.25, 0.3) is 10.0 Å². The molecule has 3 atom stereocenters. The SMILES string of the molecule is Cc1cc(Cl)ccc1NS(=O)(=O)c1ccc2c(c1)[C@H]1C=CC[C@H]1[C@@H](c1ccc(C(=O)O)cc1)N2. The molecule has 3 N–H and O–H groups in total. The molecular weight excluding hydrogens is 472 g/mol. The molecule has 0 fully saturated rings. The number of nitrogens with one attached hydrogen (secondary N) is 2. The Morgan fingerprint density at radius 1 is 1.09 bits per heavy atom. The van der Waals surface area contributed by atoms with Crippen LogP contribution < -0.4 is 10.0 Å². The molecule has 0 bridgehead atoms. The van der Waals surface area contributed by atoms with Crippen LogP contribution in [0.2, 0.25) is 5.02 Å². The molecule has 5 rings (SSSR count). The minimum Gasteiger partial charge on any atom is -0.478 e. The van der Waals surface area contributed by atoms with Gasteiger partial charge >= 0.3 is 5.97 Å². The van der Waals surface area contributed by atoms with Crippen molar-refractivity contribution in [3.8, 4) is 0 Å². The average molecular weight is 495 g/mol. The number of benzene rings is 3. The van der Waals surface area contributed by atoms with Crippen LogP contribution in [0.15, 0.2) is 77.7 Å². The molecule has 0 radical (unpaired) electrons. The van der Waals surface area contributed by atoms with Crippen LogP contribution in [-0.4, -0.2) is 19.5 Å². The number of anilines is 2. The van der Waals surface area contributed by atoms with Crippen LogP contribution >= 0.6 is 11.6 Å². The largest absolute Gasteiger partial charge is 0.478 e. The van der Waals surface area contributed by atoms with E-state index in [1.165, 1.54) is 0 Å². The van der Waals surface area contributed by atoms with Gasteiger partial charge in [-0.25, -0.2) is 13.2 Å². The highest BCUT2D eigenvalue weighted by atomic mass is 35.5. The molecule has 174 valence electrons. The molecule has 1 heterocycles. The molecular formula is C26H23ClN2O4S. The highest BCUT2D eigenvalue weighted by Gasteiger charge is 2.38. The molecule has 1 aliphatic heterocycles. The van der Waals surface area contributed by atoms with Crippen LogP contribution in [0.5, 0.6) is 0 Å². The number of sulfonamides is 1. The van der Waals surface area contributed by atoms with Gasteiger partial charge in [-0.1, -0.05) is 35.9 Å². The Hall–Kier alpha value is -3.29. The van der Waals surface area contributed by atoms with E-state index in [2.05, 4.69) is 22.2 Å². The van der Waals surface area contributed by atoms with Gasteiger partial charge in [0.2, 0.25) is 0 Å². The lowest BCUT2D eigenvalue weighted by molar-refractivity contribution is 0.0697. The molecule has 3 aromatic carbocycles. The van der Waals surface area contributed by atoms with Crippen molar-refractivity contribution >= 4 is 39.0 Å². The summed E-state index contributed by atoms with van der Waals surface area (Å²) < 4.78 is 29.0. The fraction of sp³-hybridized carbons (Fsp3) is 0.192. The average Bonchev–Trinajstić information content (AvgIpc) is 3.30. The van der Waals surface area contributed by atoms with Gasteiger partial charge in [-0.3, -0.25) is 4.72 Å². The van der Waals surface area contributed by atoms with Gasteiger partial charge in [0.15, 0.2) is 0 Å². The maximum atomic E-state index is 13.2. The summed E-state index contributed by atoms with van der Waals surface area (Å²) in [7, 11) is -3.79. The molecule has 0 unspecified atom stereocenters. The molecule has 8 heteroatoms. The lowest BCUT2D eigenvalue weighted by Gasteiger charge is -2.37. The highest BCUT2D eigenvalue weighted by Crippen LogP contribution is 2.50. The molecule has 0 spiro atoms. The van der Waals surface area contributed by atoms with Gasteiger partial charge in [0.05, 0.1) is 22.2 Å². The third-order valence-corrected chi connectivity index (χ3v) is 8.19. The number of aromatic carboxylic acids is 1. The van der Waals surface area contributed by atoms with Gasteiger partial charge in [0.1, 0.15) is 0 Å². The predicted molar refractivity (Wildman–Crippen MR) is 133 cm³/mol. The number of allylic oxidation sites excluding steroid dienone is 2. The summed E-state index contributed by atoms with van der Waals surface area (Å²) in [5.74, 6) is -0.689. The standard InChI is InChI=1S/C26H23ClN2O4S/c1-15-13-18(27)9-11-23(15)29-34(32,33)19-10-12-24-22(14-19)20-3-2-4-21(20)25(28-24)16-5-7-17(8-6-16)26(30)31/h2-3,5-14,20-21,25,28-29H,4H2,1H3,(H,30,31)/t20-,21+,25+/m0/s1. The molecule has 1 aliphatic carbocycles. The first-order valence-corrected chi connectivity index (χ1v) is 12.8. The van der Waals surface area contributed by atoms with Crippen molar-refractivity contribution in [3.05, 3.63) is 100 Å². The Kier molecular flexibility index (Phi) is 5.62. The summed E-state index contributed by atoms with van der Waals surface area (Å²) in [5.41, 5.74) is 4.30. The Morgan fingerprint density at radius 3 is 2.56 bits per heavy atom. The monoisotopic (exact) mass is 494 g/mol. The van der Waals surface area contributed by atoms with Crippen molar-refractivity contribution in [2.45, 2.75) is 30.2 Å². The van der Waals surface area contributed by atoms with E-state index in [1.54, 1.807) is 55.5 Å². The minimum atomic E-state index is -3.79. The van der Waals surface area contributed by atoms with Gasteiger partial charge < -0.3 is 10.4 Å². The van der Waals surface area contributed by atoms with E-state index >= 15 is 0 Å². The molecule has 6 nitrogen and oxygen atoms in total. The Balaban J connectivity index is 1.47. The first kappa shape index (κ1) is 22.5. The number of hydrogen-bond donors (Lipinski definition) is 3. The second-order valence-electron chi connectivity index (χ2n) is 8.72. The summed E-state index contributed by atoms with van der Waals surface area (Å²) in [6, 6.07) is 17.1. The van der Waals surface area contributed by atoms with Crippen LogP contribution in [-0.2, 0) is 10.0 Å². The van der Waals surface area contributed by atoms with Crippen molar-refractivity contribution in [1.29, 1.82) is 0 Å². The van der Waals surface area contributed by atoms with Crippen molar-refractivity contribution in [2.24, 2.45) is 5.92 Å². The number of rotatable bonds is 5. The Morgan fingerprint density at radius 2 is 1.85 bits per heavy atom. The van der Waals surface area contributed by atoms with Gasteiger partial charge in [-0.15, -0.1) is 0 Å². The van der Waals surface area contributed by atoms with Gasteiger partial charge in [0, 0.05) is 16.6 Å². The highest BCUT2D eigenvalue weighted by molar-refractivity contribution is 7.92. The van der Waals surface area contributed by atoms with E-state index in [0.29, 0.717) is 10.7 Å². The molecule has 2 aliphatic rings. The maximum absolute atomic E-state index is 13.2. The number of hydrogen-bond acceptors (Lipinski definition) is 4. The Bertz CT molecular complexity index is 1420. The molecule has 0 saturated heterocycles. The van der Waals surface area contributed by atoms with E-state index in [0.717, 1.165) is 28.8 Å². The number of fused-ring (bicyclic) bond motifs is 3. The zero-order chi connectivity index (χ0) is 24.0. The lowest BCUT2D eigenvalue weighted by Crippen LogP contribution is -2.29. The second-order valence-corrected chi connectivity index (χ2v) is 10.8. The van der Waals surface area contributed by atoms with Crippen LogP contribution in [0.4, 0.5) is 11.4 Å². The predicted octanol–water partition coefficient (Wildman–Crippen LogP) is 5.97. The molecule has 34 heavy (non-hydrogen) atoms. The summed E-state index contributed by atoms with van der Waals surface area (Å²) >= 11 is 6.00. The van der Waals surface area contributed by atoms with Gasteiger partial charge in [-0.2, -0.15) is 0 Å². The van der Waals surface area contributed by atoms with Crippen LogP contribution in [0, 0.1) is 12.8 Å². The molecule has 0 saturated carbocycles. The number of carboxylic acids is 1. The summed E-state index contributed by atoms with van der Waals surface area (Å²) in [4.78, 5) is 11.4. The van der Waals surface area contributed by atoms with Crippen LogP contribution in [0.25, 0.3) is 0 Å². The van der Waals surface area contributed by atoms with Crippen molar-refractivity contribution in [3.63, 3.8) is 0 Å². The summed E-state index contributed by atoms with van der Waals surface area (Å²) in [6.45, 7) is 1.80.